The molecule has 0 amide bonds. The molecule has 0 saturated carbocycles. The Morgan fingerprint density at radius 3 is 2.47 bits per heavy atom. The van der Waals surface area contributed by atoms with Crippen molar-refractivity contribution in [1.29, 1.82) is 0 Å². The van der Waals surface area contributed by atoms with Crippen LogP contribution in [0.4, 0.5) is 14.6 Å². The van der Waals surface area contributed by atoms with Gasteiger partial charge in [0.1, 0.15) is 28.5 Å². The summed E-state index contributed by atoms with van der Waals surface area (Å²) in [6.07, 6.45) is 7.95. The van der Waals surface area contributed by atoms with Gasteiger partial charge < -0.3 is 5.32 Å². The van der Waals surface area contributed by atoms with Crippen LogP contribution < -0.4 is 5.32 Å². The number of hydrogen-bond acceptors (Lipinski definition) is 5. The van der Waals surface area contributed by atoms with Gasteiger partial charge in [-0.1, -0.05) is 18.1 Å². The maximum atomic E-state index is 14.8. The van der Waals surface area contributed by atoms with Crippen LogP contribution in [0.1, 0.15) is 18.4 Å². The lowest BCUT2D eigenvalue weighted by Crippen LogP contribution is -2.41. The van der Waals surface area contributed by atoms with E-state index < -0.39 is 21.7 Å². The molecule has 174 valence electrons. The fourth-order valence-corrected chi connectivity index (χ4v) is 5.27. The number of fused-ring (bicyclic) bond motifs is 3. The SMILES string of the molecule is C#Cc1ccc2c(c1)c(-c1c(F)cccc1F)nc1c(NC3CCN(S(C)(=O)=O)CC3)[nH]nc12. The monoisotopic (exact) mass is 481 g/mol. The van der Waals surface area contributed by atoms with Gasteiger partial charge in [0.2, 0.25) is 10.0 Å². The summed E-state index contributed by atoms with van der Waals surface area (Å²) in [4.78, 5) is 4.64. The van der Waals surface area contributed by atoms with E-state index >= 15 is 0 Å². The third-order valence-electron chi connectivity index (χ3n) is 6.13. The molecule has 1 fully saturated rings. The molecular formula is C24H21F2N5O2S. The first-order valence-electron chi connectivity index (χ1n) is 10.7. The van der Waals surface area contributed by atoms with Crippen molar-refractivity contribution in [3.8, 4) is 23.6 Å². The smallest absolute Gasteiger partial charge is 0.211 e. The van der Waals surface area contributed by atoms with Gasteiger partial charge in [0.15, 0.2) is 0 Å². The van der Waals surface area contributed by atoms with Gasteiger partial charge in [0.05, 0.1) is 17.5 Å². The highest BCUT2D eigenvalue weighted by Gasteiger charge is 2.26. The van der Waals surface area contributed by atoms with Crippen LogP contribution in [0.5, 0.6) is 0 Å². The van der Waals surface area contributed by atoms with Crippen LogP contribution >= 0.6 is 0 Å². The Kier molecular flexibility index (Phi) is 5.46. The summed E-state index contributed by atoms with van der Waals surface area (Å²) in [6, 6.07) is 8.84. The summed E-state index contributed by atoms with van der Waals surface area (Å²) >= 11 is 0. The molecule has 0 bridgehead atoms. The van der Waals surface area contributed by atoms with Gasteiger partial charge in [-0.3, -0.25) is 5.10 Å². The fraction of sp³-hybridized carbons (Fsp3) is 0.250. The van der Waals surface area contributed by atoms with Crippen LogP contribution in [0.15, 0.2) is 36.4 Å². The van der Waals surface area contributed by atoms with E-state index in [2.05, 4.69) is 26.4 Å². The first kappa shape index (κ1) is 22.3. The van der Waals surface area contributed by atoms with Gasteiger partial charge in [0.25, 0.3) is 0 Å². The highest BCUT2D eigenvalue weighted by atomic mass is 32.2. The predicted octanol–water partition coefficient (Wildman–Crippen LogP) is 3.87. The predicted molar refractivity (Wildman–Crippen MR) is 128 cm³/mol. The minimum absolute atomic E-state index is 0.0170. The van der Waals surface area contributed by atoms with Crippen LogP contribution in [-0.4, -0.2) is 53.3 Å². The number of nitrogens with one attached hydrogen (secondary N) is 2. The lowest BCUT2D eigenvalue weighted by atomic mass is 9.99. The van der Waals surface area contributed by atoms with Crippen LogP contribution in [0.25, 0.3) is 33.1 Å². The summed E-state index contributed by atoms with van der Waals surface area (Å²) in [5.41, 5.74) is 1.42. The molecule has 5 rings (SSSR count). The number of terminal acetylenes is 1. The average Bonchev–Trinajstić information content (AvgIpc) is 3.21. The summed E-state index contributed by atoms with van der Waals surface area (Å²) in [6.45, 7) is 0.805. The molecule has 0 unspecified atom stereocenters. The molecule has 1 saturated heterocycles. The first-order valence-corrected chi connectivity index (χ1v) is 12.6. The van der Waals surface area contributed by atoms with Crippen molar-refractivity contribution in [3.05, 3.63) is 53.6 Å². The lowest BCUT2D eigenvalue weighted by Gasteiger charge is -2.30. The number of hydrogen-bond donors (Lipinski definition) is 2. The minimum Gasteiger partial charge on any atom is -0.366 e. The van der Waals surface area contributed by atoms with Crippen molar-refractivity contribution >= 4 is 37.6 Å². The highest BCUT2D eigenvalue weighted by Crippen LogP contribution is 2.37. The Labute approximate surface area is 195 Å². The summed E-state index contributed by atoms with van der Waals surface area (Å²) in [5.74, 6) is 1.59. The first-order chi connectivity index (χ1) is 16.3. The molecule has 10 heteroatoms. The number of pyridine rings is 1. The lowest BCUT2D eigenvalue weighted by molar-refractivity contribution is 0.331. The Balaban J connectivity index is 1.62. The van der Waals surface area contributed by atoms with Crippen molar-refractivity contribution in [2.24, 2.45) is 0 Å². The van der Waals surface area contributed by atoms with Gasteiger partial charge in [0, 0.05) is 35.5 Å². The summed E-state index contributed by atoms with van der Waals surface area (Å²) in [7, 11) is -3.23. The molecule has 4 aromatic rings. The second-order valence-corrected chi connectivity index (χ2v) is 10.3. The molecule has 3 heterocycles. The molecule has 2 aromatic carbocycles. The fourth-order valence-electron chi connectivity index (χ4n) is 4.39. The quantitative estimate of drug-likeness (QED) is 0.432. The maximum absolute atomic E-state index is 14.8. The van der Waals surface area contributed by atoms with Gasteiger partial charge in [-0.2, -0.15) is 5.10 Å². The van der Waals surface area contributed by atoms with Crippen LogP contribution in [0.2, 0.25) is 0 Å². The zero-order chi connectivity index (χ0) is 24.0. The molecule has 0 radical (unpaired) electrons. The number of aromatic nitrogens is 3. The average molecular weight is 482 g/mol. The standard InChI is InChI=1S/C24H21F2N5O2S/c1-3-14-7-8-16-17(13-14)21(20-18(25)5-4-6-19(20)26)28-23-22(16)29-30-24(23)27-15-9-11-31(12-10-15)34(2,32)33/h1,4-8,13,15H,9-12H2,2H3,(H2,27,29,30). The van der Waals surface area contributed by atoms with Gasteiger partial charge in [-0.15, -0.1) is 6.42 Å². The van der Waals surface area contributed by atoms with Crippen LogP contribution in [0.3, 0.4) is 0 Å². The Bertz CT molecular complexity index is 1550. The van der Waals surface area contributed by atoms with Gasteiger partial charge >= 0.3 is 0 Å². The van der Waals surface area contributed by atoms with Gasteiger partial charge in [-0.25, -0.2) is 26.5 Å². The molecular weight excluding hydrogens is 460 g/mol. The highest BCUT2D eigenvalue weighted by molar-refractivity contribution is 7.88. The number of sulfonamides is 1. The minimum atomic E-state index is -3.23. The number of anilines is 1. The second-order valence-electron chi connectivity index (χ2n) is 8.34. The molecule has 0 aliphatic carbocycles. The number of H-pyrrole nitrogens is 1. The van der Waals surface area contributed by atoms with Crippen molar-refractivity contribution in [3.63, 3.8) is 0 Å². The summed E-state index contributed by atoms with van der Waals surface area (Å²) in [5, 5.41) is 11.8. The zero-order valence-corrected chi connectivity index (χ0v) is 19.1. The normalized spacial score (nSPS) is 15.6. The number of halogens is 2. The van der Waals surface area contributed by atoms with E-state index in [4.69, 9.17) is 6.42 Å². The number of rotatable bonds is 4. The van der Waals surface area contributed by atoms with E-state index in [9.17, 15) is 17.2 Å². The molecule has 2 aromatic heterocycles. The zero-order valence-electron chi connectivity index (χ0n) is 18.3. The maximum Gasteiger partial charge on any atom is 0.211 e. The number of benzene rings is 2. The van der Waals surface area contributed by atoms with E-state index in [-0.39, 0.29) is 17.3 Å². The van der Waals surface area contributed by atoms with E-state index in [0.717, 1.165) is 0 Å². The number of nitrogens with zero attached hydrogens (tertiary/aromatic N) is 3. The van der Waals surface area contributed by atoms with Gasteiger partial charge in [-0.05, 0) is 37.1 Å². The number of aromatic amines is 1. The molecule has 2 N–H and O–H groups in total. The van der Waals surface area contributed by atoms with E-state index in [1.807, 2.05) is 0 Å². The Morgan fingerprint density at radius 2 is 1.82 bits per heavy atom. The molecule has 1 aliphatic rings. The van der Waals surface area contributed by atoms with E-state index in [0.29, 0.717) is 59.1 Å². The molecule has 0 spiro atoms. The van der Waals surface area contributed by atoms with Crippen molar-refractivity contribution in [2.75, 3.05) is 24.7 Å². The van der Waals surface area contributed by atoms with E-state index in [1.165, 1.54) is 28.8 Å². The van der Waals surface area contributed by atoms with Crippen molar-refractivity contribution in [1.82, 2.24) is 19.5 Å². The molecule has 34 heavy (non-hydrogen) atoms. The van der Waals surface area contributed by atoms with E-state index in [1.54, 1.807) is 18.2 Å². The van der Waals surface area contributed by atoms with Crippen molar-refractivity contribution in [2.45, 2.75) is 18.9 Å². The topological polar surface area (TPSA) is 91.0 Å². The third-order valence-corrected chi connectivity index (χ3v) is 7.43. The largest absolute Gasteiger partial charge is 0.366 e. The second kappa shape index (κ2) is 8.34. The Hall–Kier alpha value is -3.55. The van der Waals surface area contributed by atoms with Crippen LogP contribution in [-0.2, 0) is 10.0 Å². The number of piperidine rings is 1. The molecule has 7 nitrogen and oxygen atoms in total. The Morgan fingerprint density at radius 1 is 1.12 bits per heavy atom. The van der Waals surface area contributed by atoms with Crippen molar-refractivity contribution < 1.29 is 17.2 Å². The molecule has 1 aliphatic heterocycles. The third kappa shape index (κ3) is 3.87. The molecule has 0 atom stereocenters. The van der Waals surface area contributed by atoms with Crippen LogP contribution in [0, 0.1) is 24.0 Å². The summed E-state index contributed by atoms with van der Waals surface area (Å²) < 4.78 is 54.6.